The van der Waals surface area contributed by atoms with E-state index in [-0.39, 0.29) is 5.91 Å². The number of nitrogens with two attached hydrogens (primary N) is 1. The Balaban J connectivity index is 1.53. The highest BCUT2D eigenvalue weighted by molar-refractivity contribution is 5.96. The van der Waals surface area contributed by atoms with Gasteiger partial charge in [-0.1, -0.05) is 36.4 Å². The lowest BCUT2D eigenvalue weighted by Gasteiger charge is -2.35. The first-order valence-electron chi connectivity index (χ1n) is 8.55. The van der Waals surface area contributed by atoms with E-state index in [1.165, 1.54) is 5.56 Å². The number of anilines is 1. The molecule has 0 bridgehead atoms. The number of carbonyl (C=O) groups is 1. The molecule has 1 amide bonds. The average Bonchev–Trinajstić information content (AvgIpc) is 2.63. The minimum atomic E-state index is 0.0995. The van der Waals surface area contributed by atoms with Crippen LogP contribution < -0.4 is 5.73 Å². The summed E-state index contributed by atoms with van der Waals surface area (Å²) in [5, 5.41) is 0. The van der Waals surface area contributed by atoms with Crippen LogP contribution in [0.1, 0.15) is 21.5 Å². The molecule has 4 nitrogen and oxygen atoms in total. The lowest BCUT2D eigenvalue weighted by Crippen LogP contribution is -2.49. The largest absolute Gasteiger partial charge is 0.399 e. The maximum absolute atomic E-state index is 12.7. The van der Waals surface area contributed by atoms with Crippen LogP contribution in [0.3, 0.4) is 0 Å². The minimum absolute atomic E-state index is 0.0995. The molecule has 1 aliphatic rings. The number of nitrogen functional groups attached to an aromatic ring is 1. The predicted molar refractivity (Wildman–Crippen MR) is 98.1 cm³/mol. The molecule has 0 aromatic heterocycles. The molecule has 3 rings (SSSR count). The SMILES string of the molecule is Cc1ccc(N)cc1C(=O)N1CCN(CCc2ccccc2)CC1. The number of hydrogen-bond acceptors (Lipinski definition) is 3. The molecule has 24 heavy (non-hydrogen) atoms. The molecule has 2 N–H and O–H groups in total. The summed E-state index contributed by atoms with van der Waals surface area (Å²) in [6.45, 7) is 6.43. The fraction of sp³-hybridized carbons (Fsp3) is 0.350. The zero-order chi connectivity index (χ0) is 16.9. The summed E-state index contributed by atoms with van der Waals surface area (Å²) in [7, 11) is 0. The van der Waals surface area contributed by atoms with Gasteiger partial charge in [-0.25, -0.2) is 0 Å². The normalized spacial score (nSPS) is 15.5. The number of benzene rings is 2. The number of aryl methyl sites for hydroxylation is 1. The van der Waals surface area contributed by atoms with Crippen molar-refractivity contribution < 1.29 is 4.79 Å². The summed E-state index contributed by atoms with van der Waals surface area (Å²) in [5.41, 5.74) is 9.56. The number of piperazine rings is 1. The van der Waals surface area contributed by atoms with E-state index < -0.39 is 0 Å². The fourth-order valence-corrected chi connectivity index (χ4v) is 3.15. The van der Waals surface area contributed by atoms with Crippen molar-refractivity contribution in [1.82, 2.24) is 9.80 Å². The van der Waals surface area contributed by atoms with Crippen LogP contribution in [0.25, 0.3) is 0 Å². The molecule has 0 atom stereocenters. The van der Waals surface area contributed by atoms with Gasteiger partial charge in [0.05, 0.1) is 0 Å². The molecule has 0 saturated carbocycles. The second-order valence-corrected chi connectivity index (χ2v) is 6.44. The molecule has 126 valence electrons. The van der Waals surface area contributed by atoms with E-state index in [2.05, 4.69) is 29.2 Å². The van der Waals surface area contributed by atoms with E-state index in [0.717, 1.165) is 50.3 Å². The van der Waals surface area contributed by atoms with Crippen LogP contribution in [0.15, 0.2) is 48.5 Å². The van der Waals surface area contributed by atoms with Crippen molar-refractivity contribution in [2.75, 3.05) is 38.5 Å². The van der Waals surface area contributed by atoms with E-state index in [1.54, 1.807) is 6.07 Å². The van der Waals surface area contributed by atoms with Crippen molar-refractivity contribution in [3.8, 4) is 0 Å². The average molecular weight is 323 g/mol. The zero-order valence-corrected chi connectivity index (χ0v) is 14.2. The molecule has 2 aromatic rings. The van der Waals surface area contributed by atoms with Crippen molar-refractivity contribution in [3.05, 3.63) is 65.2 Å². The van der Waals surface area contributed by atoms with Gasteiger partial charge in [-0.05, 0) is 36.6 Å². The Labute approximate surface area is 143 Å². The summed E-state index contributed by atoms with van der Waals surface area (Å²) < 4.78 is 0. The van der Waals surface area contributed by atoms with Crippen molar-refractivity contribution in [3.63, 3.8) is 0 Å². The third-order valence-electron chi connectivity index (χ3n) is 4.71. The highest BCUT2D eigenvalue weighted by Gasteiger charge is 2.23. The number of rotatable bonds is 4. The molecule has 1 saturated heterocycles. The summed E-state index contributed by atoms with van der Waals surface area (Å²) in [5.74, 6) is 0.0995. The minimum Gasteiger partial charge on any atom is -0.399 e. The summed E-state index contributed by atoms with van der Waals surface area (Å²) in [6, 6.07) is 16.1. The monoisotopic (exact) mass is 323 g/mol. The van der Waals surface area contributed by atoms with E-state index >= 15 is 0 Å². The van der Waals surface area contributed by atoms with Gasteiger partial charge in [0.15, 0.2) is 0 Å². The third kappa shape index (κ3) is 3.95. The second kappa shape index (κ2) is 7.49. The summed E-state index contributed by atoms with van der Waals surface area (Å²) in [4.78, 5) is 17.1. The molecule has 1 fully saturated rings. The number of carbonyl (C=O) groups excluding carboxylic acids is 1. The Morgan fingerprint density at radius 3 is 2.46 bits per heavy atom. The zero-order valence-electron chi connectivity index (χ0n) is 14.2. The van der Waals surface area contributed by atoms with Crippen LogP contribution >= 0.6 is 0 Å². The van der Waals surface area contributed by atoms with Crippen LogP contribution in [-0.4, -0.2) is 48.4 Å². The smallest absolute Gasteiger partial charge is 0.254 e. The molecule has 1 aliphatic heterocycles. The van der Waals surface area contributed by atoms with Crippen LogP contribution in [0, 0.1) is 6.92 Å². The fourth-order valence-electron chi connectivity index (χ4n) is 3.15. The first-order chi connectivity index (χ1) is 11.6. The molecular formula is C20H25N3O. The predicted octanol–water partition coefficient (Wildman–Crippen LogP) is 2.58. The van der Waals surface area contributed by atoms with Gasteiger partial charge in [-0.15, -0.1) is 0 Å². The van der Waals surface area contributed by atoms with Crippen LogP contribution in [0.5, 0.6) is 0 Å². The molecule has 2 aromatic carbocycles. The Kier molecular flexibility index (Phi) is 5.16. The van der Waals surface area contributed by atoms with Gasteiger partial charge in [0.25, 0.3) is 5.91 Å². The maximum Gasteiger partial charge on any atom is 0.254 e. The second-order valence-electron chi connectivity index (χ2n) is 6.44. The molecule has 0 unspecified atom stereocenters. The van der Waals surface area contributed by atoms with Crippen molar-refractivity contribution in [2.24, 2.45) is 0 Å². The van der Waals surface area contributed by atoms with Crippen LogP contribution in [-0.2, 0) is 6.42 Å². The number of hydrogen-bond donors (Lipinski definition) is 1. The van der Waals surface area contributed by atoms with E-state index in [1.807, 2.05) is 30.0 Å². The van der Waals surface area contributed by atoms with Crippen molar-refractivity contribution >= 4 is 11.6 Å². The third-order valence-corrected chi connectivity index (χ3v) is 4.71. The molecule has 0 radical (unpaired) electrons. The van der Waals surface area contributed by atoms with Gasteiger partial charge in [0.2, 0.25) is 0 Å². The summed E-state index contributed by atoms with van der Waals surface area (Å²) >= 11 is 0. The highest BCUT2D eigenvalue weighted by atomic mass is 16.2. The van der Waals surface area contributed by atoms with Crippen molar-refractivity contribution in [1.29, 1.82) is 0 Å². The Bertz CT molecular complexity index is 691. The number of amides is 1. The van der Waals surface area contributed by atoms with Gasteiger partial charge in [-0.3, -0.25) is 9.69 Å². The molecular weight excluding hydrogens is 298 g/mol. The lowest BCUT2D eigenvalue weighted by molar-refractivity contribution is 0.0638. The lowest BCUT2D eigenvalue weighted by atomic mass is 10.1. The standard InChI is InChI=1S/C20H25N3O/c1-16-7-8-18(21)15-19(16)20(24)23-13-11-22(12-14-23)10-9-17-5-3-2-4-6-17/h2-8,15H,9-14,21H2,1H3. The highest BCUT2D eigenvalue weighted by Crippen LogP contribution is 2.16. The topological polar surface area (TPSA) is 49.6 Å². The molecule has 0 aliphatic carbocycles. The van der Waals surface area contributed by atoms with Gasteiger partial charge < -0.3 is 10.6 Å². The van der Waals surface area contributed by atoms with Gasteiger partial charge in [-0.2, -0.15) is 0 Å². The van der Waals surface area contributed by atoms with E-state index in [9.17, 15) is 4.79 Å². The first-order valence-corrected chi connectivity index (χ1v) is 8.55. The maximum atomic E-state index is 12.7. The van der Waals surface area contributed by atoms with E-state index in [0.29, 0.717) is 5.69 Å². The van der Waals surface area contributed by atoms with Gasteiger partial charge in [0.1, 0.15) is 0 Å². The Morgan fingerprint density at radius 2 is 1.75 bits per heavy atom. The first kappa shape index (κ1) is 16.5. The molecule has 0 spiro atoms. The van der Waals surface area contributed by atoms with Gasteiger partial charge >= 0.3 is 0 Å². The Hall–Kier alpha value is -2.33. The quantitative estimate of drug-likeness (QED) is 0.880. The molecule has 1 heterocycles. The summed E-state index contributed by atoms with van der Waals surface area (Å²) in [6.07, 6.45) is 1.06. The van der Waals surface area contributed by atoms with Crippen LogP contribution in [0.4, 0.5) is 5.69 Å². The van der Waals surface area contributed by atoms with Crippen molar-refractivity contribution in [2.45, 2.75) is 13.3 Å². The van der Waals surface area contributed by atoms with Gasteiger partial charge in [0, 0.05) is 44.0 Å². The molecule has 4 heteroatoms. The van der Waals surface area contributed by atoms with Crippen LogP contribution in [0.2, 0.25) is 0 Å². The Morgan fingerprint density at radius 1 is 1.04 bits per heavy atom. The van der Waals surface area contributed by atoms with E-state index in [4.69, 9.17) is 5.73 Å². The number of nitrogens with zero attached hydrogens (tertiary/aromatic N) is 2.